The normalized spacial score (nSPS) is 14.9. The summed E-state index contributed by atoms with van der Waals surface area (Å²) in [7, 11) is 2.05. The molecule has 0 aliphatic carbocycles. The molecule has 1 aromatic carbocycles. The van der Waals surface area contributed by atoms with Gasteiger partial charge in [-0.15, -0.1) is 0 Å². The van der Waals surface area contributed by atoms with Crippen molar-refractivity contribution in [3.05, 3.63) is 35.9 Å². The Morgan fingerprint density at radius 2 is 1.84 bits per heavy atom. The van der Waals surface area contributed by atoms with Gasteiger partial charge in [0.05, 0.1) is 0 Å². The van der Waals surface area contributed by atoms with Crippen LogP contribution in [0.2, 0.25) is 0 Å². The van der Waals surface area contributed by atoms with E-state index in [4.69, 9.17) is 0 Å². The fourth-order valence-electron chi connectivity index (χ4n) is 2.45. The maximum Gasteiger partial charge on any atom is 0.0236 e. The highest BCUT2D eigenvalue weighted by Gasteiger charge is 2.25. The lowest BCUT2D eigenvalue weighted by Crippen LogP contribution is -2.43. The minimum Gasteiger partial charge on any atom is -0.319 e. The number of nitrogens with zero attached hydrogens (tertiary/aromatic N) is 1. The van der Waals surface area contributed by atoms with Gasteiger partial charge in [0.1, 0.15) is 0 Å². The molecule has 108 valence electrons. The summed E-state index contributed by atoms with van der Waals surface area (Å²) in [6.45, 7) is 12.5. The maximum atomic E-state index is 3.34. The predicted molar refractivity (Wildman–Crippen MR) is 84.3 cm³/mol. The first kappa shape index (κ1) is 16.2. The molecule has 1 aromatic rings. The molecule has 1 N–H and O–H groups in total. The Morgan fingerprint density at radius 3 is 2.32 bits per heavy atom. The van der Waals surface area contributed by atoms with Crippen LogP contribution in [-0.2, 0) is 6.54 Å². The molecule has 2 nitrogen and oxygen atoms in total. The highest BCUT2D eigenvalue weighted by molar-refractivity contribution is 5.14. The molecule has 0 fully saturated rings. The summed E-state index contributed by atoms with van der Waals surface area (Å²) in [4.78, 5) is 2.58. The molecule has 0 heterocycles. The fraction of sp³-hybridized carbons (Fsp3) is 0.647. The van der Waals surface area contributed by atoms with Crippen LogP contribution in [0.5, 0.6) is 0 Å². The van der Waals surface area contributed by atoms with Crippen LogP contribution >= 0.6 is 0 Å². The lowest BCUT2D eigenvalue weighted by molar-refractivity contribution is 0.121. The quantitative estimate of drug-likeness (QED) is 0.771. The van der Waals surface area contributed by atoms with E-state index in [1.807, 2.05) is 7.05 Å². The molecule has 1 rings (SSSR count). The van der Waals surface area contributed by atoms with E-state index in [0.29, 0.717) is 11.5 Å². The first-order valence-electron chi connectivity index (χ1n) is 7.43. The van der Waals surface area contributed by atoms with E-state index in [9.17, 15) is 0 Å². The summed E-state index contributed by atoms with van der Waals surface area (Å²) in [6, 6.07) is 11.3. The van der Waals surface area contributed by atoms with E-state index >= 15 is 0 Å². The van der Waals surface area contributed by atoms with Crippen LogP contribution in [0.3, 0.4) is 0 Å². The van der Waals surface area contributed by atoms with Crippen LogP contribution in [0, 0.1) is 5.41 Å². The third-order valence-electron chi connectivity index (χ3n) is 4.00. The summed E-state index contributed by atoms with van der Waals surface area (Å²) >= 11 is 0. The number of hydrogen-bond acceptors (Lipinski definition) is 2. The second kappa shape index (κ2) is 7.66. The van der Waals surface area contributed by atoms with Crippen LogP contribution in [0.1, 0.15) is 39.7 Å². The van der Waals surface area contributed by atoms with E-state index in [2.05, 4.69) is 68.2 Å². The van der Waals surface area contributed by atoms with Crippen molar-refractivity contribution in [3.63, 3.8) is 0 Å². The number of benzene rings is 1. The average molecular weight is 262 g/mol. The number of hydrogen-bond donors (Lipinski definition) is 1. The largest absolute Gasteiger partial charge is 0.319 e. The van der Waals surface area contributed by atoms with Crippen molar-refractivity contribution in [2.24, 2.45) is 5.41 Å². The van der Waals surface area contributed by atoms with Gasteiger partial charge in [0.25, 0.3) is 0 Å². The van der Waals surface area contributed by atoms with Crippen LogP contribution < -0.4 is 5.32 Å². The molecule has 0 aliphatic rings. The standard InChI is InChI=1S/C17H30N2/c1-6-17(4,13-18-5)14-19(15(2)3)12-16-10-8-7-9-11-16/h7-11,15,18H,6,12-14H2,1-5H3. The van der Waals surface area contributed by atoms with E-state index in [1.165, 1.54) is 12.0 Å². The van der Waals surface area contributed by atoms with Gasteiger partial charge in [-0.2, -0.15) is 0 Å². The van der Waals surface area contributed by atoms with Gasteiger partial charge in [-0.1, -0.05) is 44.2 Å². The Morgan fingerprint density at radius 1 is 1.21 bits per heavy atom. The molecule has 1 unspecified atom stereocenters. The van der Waals surface area contributed by atoms with Crippen molar-refractivity contribution in [1.29, 1.82) is 0 Å². The van der Waals surface area contributed by atoms with E-state index < -0.39 is 0 Å². The first-order valence-corrected chi connectivity index (χ1v) is 7.43. The third-order valence-corrected chi connectivity index (χ3v) is 4.00. The van der Waals surface area contributed by atoms with Gasteiger partial charge in [0.15, 0.2) is 0 Å². The Balaban J connectivity index is 2.72. The van der Waals surface area contributed by atoms with Gasteiger partial charge in [-0.3, -0.25) is 4.90 Å². The molecular formula is C17H30N2. The zero-order valence-corrected chi connectivity index (χ0v) is 13.2. The molecule has 19 heavy (non-hydrogen) atoms. The Hall–Kier alpha value is -0.860. The molecule has 0 saturated heterocycles. The predicted octanol–water partition coefficient (Wildman–Crippen LogP) is 3.53. The topological polar surface area (TPSA) is 15.3 Å². The first-order chi connectivity index (χ1) is 9.00. The van der Waals surface area contributed by atoms with E-state index in [1.54, 1.807) is 0 Å². The van der Waals surface area contributed by atoms with E-state index in [-0.39, 0.29) is 0 Å². The molecule has 0 radical (unpaired) electrons. The molecule has 0 bridgehead atoms. The zero-order valence-electron chi connectivity index (χ0n) is 13.2. The molecule has 0 spiro atoms. The lowest BCUT2D eigenvalue weighted by Gasteiger charge is -2.37. The maximum absolute atomic E-state index is 3.34. The second-order valence-corrected chi connectivity index (χ2v) is 6.18. The van der Waals surface area contributed by atoms with Crippen molar-refractivity contribution >= 4 is 0 Å². The van der Waals surface area contributed by atoms with Gasteiger partial charge in [0.2, 0.25) is 0 Å². The SMILES string of the molecule is CCC(C)(CNC)CN(Cc1ccccc1)C(C)C. The van der Waals surface area contributed by atoms with Crippen molar-refractivity contribution in [1.82, 2.24) is 10.2 Å². The van der Waals surface area contributed by atoms with Crippen molar-refractivity contribution < 1.29 is 0 Å². The summed E-state index contributed by atoms with van der Waals surface area (Å²) < 4.78 is 0. The minimum absolute atomic E-state index is 0.341. The fourth-order valence-corrected chi connectivity index (χ4v) is 2.45. The molecule has 0 aromatic heterocycles. The summed E-state index contributed by atoms with van der Waals surface area (Å²) in [6.07, 6.45) is 1.20. The molecule has 1 atom stereocenters. The lowest BCUT2D eigenvalue weighted by atomic mass is 9.86. The highest BCUT2D eigenvalue weighted by atomic mass is 15.2. The van der Waals surface area contributed by atoms with Crippen LogP contribution in [-0.4, -0.2) is 31.1 Å². The average Bonchev–Trinajstić information content (AvgIpc) is 2.39. The molecule has 0 aliphatic heterocycles. The van der Waals surface area contributed by atoms with E-state index in [0.717, 1.165) is 19.6 Å². The van der Waals surface area contributed by atoms with Crippen molar-refractivity contribution in [3.8, 4) is 0 Å². The van der Waals surface area contributed by atoms with Gasteiger partial charge >= 0.3 is 0 Å². The number of rotatable bonds is 8. The molecule has 0 amide bonds. The number of nitrogens with one attached hydrogen (secondary N) is 1. The van der Waals surface area contributed by atoms with Crippen LogP contribution in [0.4, 0.5) is 0 Å². The molecule has 0 saturated carbocycles. The van der Waals surface area contributed by atoms with Crippen molar-refractivity contribution in [2.75, 3.05) is 20.1 Å². The monoisotopic (exact) mass is 262 g/mol. The van der Waals surface area contributed by atoms with Crippen LogP contribution in [0.25, 0.3) is 0 Å². The van der Waals surface area contributed by atoms with Crippen molar-refractivity contribution in [2.45, 2.75) is 46.7 Å². The van der Waals surface area contributed by atoms with Crippen LogP contribution in [0.15, 0.2) is 30.3 Å². The zero-order chi connectivity index (χ0) is 14.3. The summed E-state index contributed by atoms with van der Waals surface area (Å²) in [5.41, 5.74) is 1.74. The van der Waals surface area contributed by atoms with Gasteiger partial charge in [-0.05, 0) is 38.3 Å². The van der Waals surface area contributed by atoms with Gasteiger partial charge in [-0.25, -0.2) is 0 Å². The Labute approximate surface area is 119 Å². The smallest absolute Gasteiger partial charge is 0.0236 e. The third kappa shape index (κ3) is 5.33. The summed E-state index contributed by atoms with van der Waals surface area (Å²) in [5, 5.41) is 3.34. The Kier molecular flexibility index (Phi) is 6.53. The minimum atomic E-state index is 0.341. The van der Waals surface area contributed by atoms with Gasteiger partial charge < -0.3 is 5.32 Å². The second-order valence-electron chi connectivity index (χ2n) is 6.18. The summed E-state index contributed by atoms with van der Waals surface area (Å²) in [5.74, 6) is 0. The highest BCUT2D eigenvalue weighted by Crippen LogP contribution is 2.24. The van der Waals surface area contributed by atoms with Gasteiger partial charge in [0, 0.05) is 25.7 Å². The molecule has 2 heteroatoms. The molecular weight excluding hydrogens is 232 g/mol. The Bertz CT molecular complexity index is 348.